The summed E-state index contributed by atoms with van der Waals surface area (Å²) in [5.74, 6) is 2.12. The van der Waals surface area contributed by atoms with Crippen molar-refractivity contribution in [3.05, 3.63) is 48.3 Å². The second-order valence-electron chi connectivity index (χ2n) is 9.69. The van der Waals surface area contributed by atoms with Crippen LogP contribution >= 0.6 is 0 Å². The number of aromatic nitrogens is 2. The van der Waals surface area contributed by atoms with Crippen molar-refractivity contribution in [2.24, 2.45) is 5.92 Å². The minimum Gasteiger partial charge on any atom is -0.497 e. The third-order valence-corrected chi connectivity index (χ3v) is 6.69. The van der Waals surface area contributed by atoms with Gasteiger partial charge in [-0.05, 0) is 18.1 Å². The second-order valence-corrected chi connectivity index (χ2v) is 9.69. The fraction of sp³-hybridized carbons (Fsp3) is 0.429. The van der Waals surface area contributed by atoms with Gasteiger partial charge in [0.1, 0.15) is 29.2 Å². The number of carbonyl (C=O) groups is 2. The molecule has 2 amide bonds. The summed E-state index contributed by atoms with van der Waals surface area (Å²) in [6, 6.07) is 12.3. The van der Waals surface area contributed by atoms with Crippen LogP contribution in [0.1, 0.15) is 19.7 Å². The van der Waals surface area contributed by atoms with Gasteiger partial charge < -0.3 is 29.7 Å². The molecule has 208 valence electrons. The van der Waals surface area contributed by atoms with Gasteiger partial charge in [0.2, 0.25) is 0 Å². The Balaban J connectivity index is 1.42. The number of nitrogens with zero attached hydrogens (tertiary/aromatic N) is 4. The van der Waals surface area contributed by atoms with Crippen molar-refractivity contribution >= 4 is 34.4 Å². The molecule has 1 aromatic heterocycles. The molecule has 0 bridgehead atoms. The number of amides is 2. The molecule has 11 heteroatoms. The number of carbonyl (C=O) groups excluding carboxylic acids is 2. The number of urea groups is 1. The summed E-state index contributed by atoms with van der Waals surface area (Å²) in [5, 5.41) is 7.06. The number of piperazine rings is 1. The Hall–Kier alpha value is -4.12. The fourth-order valence-electron chi connectivity index (χ4n) is 4.47. The molecular formula is C28H36N6O5. The van der Waals surface area contributed by atoms with Crippen LogP contribution in [-0.4, -0.2) is 85.3 Å². The number of hydrogen-bond donors (Lipinski definition) is 2. The summed E-state index contributed by atoms with van der Waals surface area (Å²) in [6.45, 7) is 6.90. The molecule has 1 saturated heterocycles. The molecule has 2 heterocycles. The molecule has 1 atom stereocenters. The highest BCUT2D eigenvalue weighted by Crippen LogP contribution is 2.26. The highest BCUT2D eigenvalue weighted by atomic mass is 16.5. The molecule has 3 aromatic rings. The second kappa shape index (κ2) is 12.6. The standard InChI is InChI=1S/C28H36N6O5/c1-18(2)25(27(35)39-5)32-26-22-8-6-7-9-23(22)30-24(31-26)17-33-10-12-34(13-11-33)28(36)29-19-14-20(37-3)16-21(15-19)38-4/h6-9,14-16,18,25H,10-13,17H2,1-5H3,(H,29,36)(H,30,31,32)/t25-/m0/s1. The number of para-hydroxylation sites is 1. The average molecular weight is 537 g/mol. The molecule has 11 nitrogen and oxygen atoms in total. The van der Waals surface area contributed by atoms with E-state index >= 15 is 0 Å². The average Bonchev–Trinajstić information content (AvgIpc) is 2.95. The summed E-state index contributed by atoms with van der Waals surface area (Å²) < 4.78 is 15.6. The fourth-order valence-corrected chi connectivity index (χ4v) is 4.47. The number of hydrogen-bond acceptors (Lipinski definition) is 9. The number of methoxy groups -OCH3 is 3. The molecule has 1 fully saturated rings. The van der Waals surface area contributed by atoms with Crippen molar-refractivity contribution in [2.75, 3.05) is 58.1 Å². The van der Waals surface area contributed by atoms with Gasteiger partial charge in [0, 0.05) is 55.5 Å². The van der Waals surface area contributed by atoms with Gasteiger partial charge in [-0.3, -0.25) is 4.90 Å². The van der Waals surface area contributed by atoms with Crippen molar-refractivity contribution in [1.29, 1.82) is 0 Å². The van der Waals surface area contributed by atoms with Crippen LogP contribution in [0, 0.1) is 5.92 Å². The third-order valence-electron chi connectivity index (χ3n) is 6.69. The summed E-state index contributed by atoms with van der Waals surface area (Å²) in [6.07, 6.45) is 0. The maximum Gasteiger partial charge on any atom is 0.328 e. The Morgan fingerprint density at radius 3 is 2.23 bits per heavy atom. The topological polar surface area (TPSA) is 118 Å². The molecule has 0 radical (unpaired) electrons. The van der Waals surface area contributed by atoms with E-state index in [1.54, 1.807) is 37.3 Å². The maximum atomic E-state index is 12.9. The normalized spacial score (nSPS) is 14.7. The minimum absolute atomic E-state index is 0.00640. The molecule has 0 saturated carbocycles. The van der Waals surface area contributed by atoms with Gasteiger partial charge >= 0.3 is 12.0 Å². The van der Waals surface area contributed by atoms with Crippen molar-refractivity contribution in [1.82, 2.24) is 19.8 Å². The van der Waals surface area contributed by atoms with Crippen LogP contribution in [0.2, 0.25) is 0 Å². The molecule has 0 aliphatic carbocycles. The van der Waals surface area contributed by atoms with Gasteiger partial charge in [-0.25, -0.2) is 19.6 Å². The monoisotopic (exact) mass is 536 g/mol. The van der Waals surface area contributed by atoms with E-state index in [9.17, 15) is 9.59 Å². The minimum atomic E-state index is -0.534. The Morgan fingerprint density at radius 1 is 0.949 bits per heavy atom. The van der Waals surface area contributed by atoms with Gasteiger partial charge in [-0.2, -0.15) is 0 Å². The van der Waals surface area contributed by atoms with E-state index in [-0.39, 0.29) is 17.9 Å². The van der Waals surface area contributed by atoms with E-state index in [4.69, 9.17) is 24.2 Å². The summed E-state index contributed by atoms with van der Waals surface area (Å²) in [4.78, 5) is 38.8. The number of benzene rings is 2. The lowest BCUT2D eigenvalue weighted by atomic mass is 10.0. The zero-order valence-corrected chi connectivity index (χ0v) is 23.1. The molecular weight excluding hydrogens is 500 g/mol. The van der Waals surface area contributed by atoms with E-state index in [1.807, 2.05) is 38.1 Å². The number of anilines is 2. The highest BCUT2D eigenvalue weighted by molar-refractivity contribution is 5.91. The highest BCUT2D eigenvalue weighted by Gasteiger charge is 2.26. The van der Waals surface area contributed by atoms with Crippen LogP contribution in [0.5, 0.6) is 11.5 Å². The van der Waals surface area contributed by atoms with Gasteiger partial charge in [-0.1, -0.05) is 26.0 Å². The summed E-state index contributed by atoms with van der Waals surface area (Å²) in [5.41, 5.74) is 1.40. The van der Waals surface area contributed by atoms with Gasteiger partial charge in [-0.15, -0.1) is 0 Å². The van der Waals surface area contributed by atoms with Crippen LogP contribution in [0.25, 0.3) is 10.9 Å². The largest absolute Gasteiger partial charge is 0.497 e. The van der Waals surface area contributed by atoms with E-state index in [0.717, 1.165) is 10.9 Å². The third kappa shape index (κ3) is 6.85. The van der Waals surface area contributed by atoms with Crippen molar-refractivity contribution < 1.29 is 23.8 Å². The molecule has 0 unspecified atom stereocenters. The van der Waals surface area contributed by atoms with Gasteiger partial charge in [0.05, 0.1) is 33.4 Å². The van der Waals surface area contributed by atoms with Crippen LogP contribution in [-0.2, 0) is 16.1 Å². The SMILES string of the molecule is COC(=O)[C@@H](Nc1nc(CN2CCN(C(=O)Nc3cc(OC)cc(OC)c3)CC2)nc2ccccc12)C(C)C. The molecule has 0 spiro atoms. The van der Waals surface area contributed by atoms with Crippen molar-refractivity contribution in [3.8, 4) is 11.5 Å². The number of ether oxygens (including phenoxy) is 3. The predicted molar refractivity (Wildman–Crippen MR) is 149 cm³/mol. The zero-order chi connectivity index (χ0) is 27.9. The van der Waals surface area contributed by atoms with Crippen molar-refractivity contribution in [3.63, 3.8) is 0 Å². The quantitative estimate of drug-likeness (QED) is 0.396. The van der Waals surface area contributed by atoms with E-state index in [2.05, 4.69) is 15.5 Å². The maximum absolute atomic E-state index is 12.9. The summed E-state index contributed by atoms with van der Waals surface area (Å²) in [7, 11) is 4.52. The van der Waals surface area contributed by atoms with Crippen molar-refractivity contribution in [2.45, 2.75) is 26.4 Å². The Bertz CT molecular complexity index is 1290. The number of fused-ring (bicyclic) bond motifs is 1. The first-order valence-electron chi connectivity index (χ1n) is 12.9. The number of nitrogens with one attached hydrogen (secondary N) is 2. The van der Waals surface area contributed by atoms with E-state index in [0.29, 0.717) is 61.6 Å². The first kappa shape index (κ1) is 27.9. The number of esters is 1. The molecule has 2 aromatic carbocycles. The lowest BCUT2D eigenvalue weighted by Gasteiger charge is -2.34. The van der Waals surface area contributed by atoms with Gasteiger partial charge in [0.25, 0.3) is 0 Å². The molecule has 39 heavy (non-hydrogen) atoms. The van der Waals surface area contributed by atoms with Gasteiger partial charge in [0.15, 0.2) is 0 Å². The lowest BCUT2D eigenvalue weighted by Crippen LogP contribution is -2.49. The van der Waals surface area contributed by atoms with Crippen LogP contribution in [0.4, 0.5) is 16.3 Å². The molecule has 4 rings (SSSR count). The Morgan fingerprint density at radius 2 is 1.62 bits per heavy atom. The van der Waals surface area contributed by atoms with E-state index < -0.39 is 6.04 Å². The van der Waals surface area contributed by atoms with Crippen LogP contribution in [0.15, 0.2) is 42.5 Å². The predicted octanol–water partition coefficient (Wildman–Crippen LogP) is 3.61. The zero-order valence-electron chi connectivity index (χ0n) is 23.1. The molecule has 1 aliphatic heterocycles. The van der Waals surface area contributed by atoms with E-state index in [1.165, 1.54) is 7.11 Å². The van der Waals surface area contributed by atoms with Crippen LogP contribution in [0.3, 0.4) is 0 Å². The Labute approximate surface area is 228 Å². The molecule has 1 aliphatic rings. The summed E-state index contributed by atoms with van der Waals surface area (Å²) >= 11 is 0. The molecule has 2 N–H and O–H groups in total. The van der Waals surface area contributed by atoms with Crippen LogP contribution < -0.4 is 20.1 Å². The first-order valence-corrected chi connectivity index (χ1v) is 12.9. The lowest BCUT2D eigenvalue weighted by molar-refractivity contribution is -0.142. The number of rotatable bonds is 9. The first-order chi connectivity index (χ1) is 18.8. The smallest absolute Gasteiger partial charge is 0.328 e. The Kier molecular flexibility index (Phi) is 9.03.